The van der Waals surface area contributed by atoms with Crippen molar-refractivity contribution in [1.29, 1.82) is 0 Å². The molecule has 0 aliphatic carbocycles. The van der Waals surface area contributed by atoms with Crippen LogP contribution in [0, 0.1) is 23.7 Å². The maximum atomic E-state index is 12.1. The van der Waals surface area contributed by atoms with Gasteiger partial charge in [-0.2, -0.15) is 0 Å². The molecule has 0 heterocycles. The van der Waals surface area contributed by atoms with Crippen LogP contribution in [0.15, 0.2) is 18.2 Å². The number of carbonyl (C=O) groups excluding carboxylic acids is 1. The third-order valence-electron chi connectivity index (χ3n) is 2.19. The van der Waals surface area contributed by atoms with Crippen LogP contribution < -0.4 is 0 Å². The van der Waals surface area contributed by atoms with E-state index >= 15 is 0 Å². The topological polar surface area (TPSA) is 66.8 Å². The lowest BCUT2D eigenvalue weighted by atomic mass is 10.1. The molecule has 0 fully saturated rings. The summed E-state index contributed by atoms with van der Waals surface area (Å²) in [5.74, 6) is 10.0. The standard InChI is InChI=1S/C17H18O4/c1-17(2,3)21-16(20)15-11-13(6-4-8-18)10-14(12-15)7-5-9-19/h10-12,18-19H,8-9H2,1-3H3. The van der Waals surface area contributed by atoms with Crippen LogP contribution in [0.4, 0.5) is 0 Å². The molecule has 0 amide bonds. The minimum atomic E-state index is -0.596. The number of aliphatic hydroxyl groups excluding tert-OH is 2. The predicted octanol–water partition coefficient (Wildman–Crippen LogP) is 1.33. The van der Waals surface area contributed by atoms with Gasteiger partial charge in [0.15, 0.2) is 0 Å². The number of ether oxygens (including phenoxy) is 1. The highest BCUT2D eigenvalue weighted by molar-refractivity contribution is 5.90. The summed E-state index contributed by atoms with van der Waals surface area (Å²) in [7, 11) is 0. The number of benzene rings is 1. The van der Waals surface area contributed by atoms with Crippen molar-refractivity contribution in [3.63, 3.8) is 0 Å². The van der Waals surface area contributed by atoms with Crippen LogP contribution in [0.25, 0.3) is 0 Å². The summed E-state index contributed by atoms with van der Waals surface area (Å²) in [6.07, 6.45) is 0. The molecule has 1 aromatic rings. The normalized spacial score (nSPS) is 9.95. The van der Waals surface area contributed by atoms with Crippen molar-refractivity contribution in [1.82, 2.24) is 0 Å². The molecular weight excluding hydrogens is 268 g/mol. The zero-order valence-corrected chi connectivity index (χ0v) is 12.4. The largest absolute Gasteiger partial charge is 0.456 e. The molecule has 0 unspecified atom stereocenters. The molecule has 0 aliphatic rings. The smallest absolute Gasteiger partial charge is 0.338 e. The lowest BCUT2D eigenvalue weighted by molar-refractivity contribution is 0.00694. The van der Waals surface area contributed by atoms with Gasteiger partial charge in [-0.05, 0) is 39.0 Å². The van der Waals surface area contributed by atoms with E-state index in [9.17, 15) is 4.79 Å². The van der Waals surface area contributed by atoms with Crippen molar-refractivity contribution in [3.05, 3.63) is 34.9 Å². The fourth-order valence-corrected chi connectivity index (χ4v) is 1.51. The monoisotopic (exact) mass is 286 g/mol. The highest BCUT2D eigenvalue weighted by Gasteiger charge is 2.18. The van der Waals surface area contributed by atoms with E-state index in [0.29, 0.717) is 16.7 Å². The Balaban J connectivity index is 3.21. The van der Waals surface area contributed by atoms with E-state index in [4.69, 9.17) is 14.9 Å². The molecule has 0 bridgehead atoms. The van der Waals surface area contributed by atoms with Gasteiger partial charge in [-0.15, -0.1) is 0 Å². The Morgan fingerprint density at radius 2 is 1.52 bits per heavy atom. The van der Waals surface area contributed by atoms with Crippen LogP contribution in [-0.2, 0) is 4.74 Å². The number of esters is 1. The summed E-state index contributed by atoms with van der Waals surface area (Å²) >= 11 is 0. The van der Waals surface area contributed by atoms with Crippen molar-refractivity contribution >= 4 is 5.97 Å². The first kappa shape index (κ1) is 16.8. The van der Waals surface area contributed by atoms with Gasteiger partial charge in [0.2, 0.25) is 0 Å². The zero-order valence-electron chi connectivity index (χ0n) is 12.4. The lowest BCUT2D eigenvalue weighted by Crippen LogP contribution is -2.24. The number of rotatable bonds is 1. The number of hydrogen-bond donors (Lipinski definition) is 2. The maximum Gasteiger partial charge on any atom is 0.338 e. The third-order valence-corrected chi connectivity index (χ3v) is 2.19. The molecule has 1 aromatic carbocycles. The van der Waals surface area contributed by atoms with Crippen molar-refractivity contribution in [2.24, 2.45) is 0 Å². The van der Waals surface area contributed by atoms with Gasteiger partial charge in [0.1, 0.15) is 18.8 Å². The maximum absolute atomic E-state index is 12.1. The van der Waals surface area contributed by atoms with E-state index < -0.39 is 11.6 Å². The van der Waals surface area contributed by atoms with Gasteiger partial charge in [0, 0.05) is 11.1 Å². The van der Waals surface area contributed by atoms with E-state index in [1.807, 2.05) is 0 Å². The number of hydrogen-bond acceptors (Lipinski definition) is 4. The van der Waals surface area contributed by atoms with E-state index in [0.717, 1.165) is 0 Å². The Morgan fingerprint density at radius 1 is 1.05 bits per heavy atom. The second-order valence-electron chi connectivity index (χ2n) is 5.22. The summed E-state index contributed by atoms with van der Waals surface area (Å²) in [6, 6.07) is 4.85. The quantitative estimate of drug-likeness (QED) is 0.604. The van der Waals surface area contributed by atoms with Gasteiger partial charge in [-0.3, -0.25) is 0 Å². The Morgan fingerprint density at radius 3 is 1.90 bits per heavy atom. The van der Waals surface area contributed by atoms with E-state index in [2.05, 4.69) is 23.7 Å². The second-order valence-corrected chi connectivity index (χ2v) is 5.22. The number of carbonyl (C=O) groups is 1. The fourth-order valence-electron chi connectivity index (χ4n) is 1.51. The molecule has 0 saturated carbocycles. The molecule has 2 N–H and O–H groups in total. The van der Waals surface area contributed by atoms with Crippen molar-refractivity contribution in [2.75, 3.05) is 13.2 Å². The number of aliphatic hydroxyl groups is 2. The van der Waals surface area contributed by atoms with Gasteiger partial charge in [-0.25, -0.2) is 4.79 Å². The van der Waals surface area contributed by atoms with Crippen molar-refractivity contribution in [3.8, 4) is 23.7 Å². The molecule has 0 saturated heterocycles. The molecule has 0 radical (unpaired) electrons. The van der Waals surface area contributed by atoms with Crippen molar-refractivity contribution in [2.45, 2.75) is 26.4 Å². The predicted molar refractivity (Wildman–Crippen MR) is 79.5 cm³/mol. The molecule has 0 aliphatic heterocycles. The van der Waals surface area contributed by atoms with Crippen LogP contribution >= 0.6 is 0 Å². The molecule has 0 atom stereocenters. The third kappa shape index (κ3) is 6.14. The average Bonchev–Trinajstić information content (AvgIpc) is 2.40. The van der Waals surface area contributed by atoms with Gasteiger partial charge >= 0.3 is 5.97 Å². The Hall–Kier alpha value is -2.27. The summed E-state index contributed by atoms with van der Waals surface area (Å²) in [4.78, 5) is 12.1. The SMILES string of the molecule is CC(C)(C)OC(=O)c1cc(C#CCO)cc(C#CCO)c1. The minimum absolute atomic E-state index is 0.270. The summed E-state index contributed by atoms with van der Waals surface area (Å²) in [5.41, 5.74) is 0.835. The first-order valence-electron chi connectivity index (χ1n) is 6.43. The Kier molecular flexibility index (Phi) is 5.99. The van der Waals surface area contributed by atoms with E-state index in [1.54, 1.807) is 39.0 Å². The zero-order chi connectivity index (χ0) is 15.9. The van der Waals surface area contributed by atoms with Crippen LogP contribution in [0.5, 0.6) is 0 Å². The van der Waals surface area contributed by atoms with Crippen LogP contribution in [-0.4, -0.2) is 35.0 Å². The van der Waals surface area contributed by atoms with Gasteiger partial charge < -0.3 is 14.9 Å². The molecule has 21 heavy (non-hydrogen) atoms. The average molecular weight is 286 g/mol. The minimum Gasteiger partial charge on any atom is -0.456 e. The van der Waals surface area contributed by atoms with Crippen LogP contribution in [0.2, 0.25) is 0 Å². The summed E-state index contributed by atoms with van der Waals surface area (Å²) in [6.45, 7) is 4.81. The fraction of sp³-hybridized carbons (Fsp3) is 0.353. The highest BCUT2D eigenvalue weighted by Crippen LogP contribution is 2.15. The molecule has 110 valence electrons. The highest BCUT2D eigenvalue weighted by atomic mass is 16.6. The molecule has 4 heteroatoms. The second kappa shape index (κ2) is 7.50. The molecule has 4 nitrogen and oxygen atoms in total. The van der Waals surface area contributed by atoms with Crippen LogP contribution in [0.1, 0.15) is 42.3 Å². The lowest BCUT2D eigenvalue weighted by Gasteiger charge is -2.19. The van der Waals surface area contributed by atoms with Gasteiger partial charge in [-0.1, -0.05) is 23.7 Å². The summed E-state index contributed by atoms with van der Waals surface area (Å²) in [5, 5.41) is 17.5. The molecule has 1 rings (SSSR count). The Bertz CT molecular complexity index is 590. The molecular formula is C17H18O4. The van der Waals surface area contributed by atoms with Gasteiger partial charge in [0.25, 0.3) is 0 Å². The molecule has 0 spiro atoms. The van der Waals surface area contributed by atoms with E-state index in [1.165, 1.54) is 0 Å². The van der Waals surface area contributed by atoms with Crippen molar-refractivity contribution < 1.29 is 19.7 Å². The first-order valence-corrected chi connectivity index (χ1v) is 6.43. The summed E-state index contributed by atoms with van der Waals surface area (Å²) < 4.78 is 5.31. The first-order chi connectivity index (χ1) is 9.85. The van der Waals surface area contributed by atoms with Gasteiger partial charge in [0.05, 0.1) is 5.56 Å². The Labute approximate surface area is 124 Å². The van der Waals surface area contributed by atoms with Crippen LogP contribution in [0.3, 0.4) is 0 Å². The molecule has 0 aromatic heterocycles. The van der Waals surface area contributed by atoms with E-state index in [-0.39, 0.29) is 13.2 Å².